The molecule has 104 valence electrons. The van der Waals surface area contributed by atoms with Crippen molar-refractivity contribution in [3.8, 4) is 0 Å². The van der Waals surface area contributed by atoms with Crippen LogP contribution in [0.25, 0.3) is 0 Å². The first kappa shape index (κ1) is 13.1. The molecule has 1 saturated heterocycles. The second-order valence-corrected chi connectivity index (χ2v) is 6.75. The highest BCUT2D eigenvalue weighted by Gasteiger charge is 2.32. The molecule has 0 amide bonds. The van der Waals surface area contributed by atoms with Crippen molar-refractivity contribution in [3.05, 3.63) is 35.9 Å². The van der Waals surface area contributed by atoms with E-state index in [0.717, 1.165) is 6.54 Å². The second-order valence-electron chi connectivity index (χ2n) is 6.75. The van der Waals surface area contributed by atoms with E-state index in [4.69, 9.17) is 0 Å². The molecule has 2 aliphatic rings. The predicted octanol–water partition coefficient (Wildman–Crippen LogP) is 3.04. The van der Waals surface area contributed by atoms with Crippen LogP contribution < -0.4 is 5.32 Å². The number of nitrogens with zero attached hydrogens (tertiary/aromatic N) is 1. The number of hydrogen-bond donors (Lipinski definition) is 1. The molecule has 1 aliphatic carbocycles. The van der Waals surface area contributed by atoms with Crippen LogP contribution in [0.2, 0.25) is 0 Å². The molecule has 1 N–H and O–H groups in total. The van der Waals surface area contributed by atoms with Crippen LogP contribution in [0.5, 0.6) is 0 Å². The van der Waals surface area contributed by atoms with Gasteiger partial charge in [-0.2, -0.15) is 0 Å². The van der Waals surface area contributed by atoms with Crippen LogP contribution in [0.4, 0.5) is 0 Å². The first-order valence-electron chi connectivity index (χ1n) is 7.73. The Kier molecular flexibility index (Phi) is 3.90. The third-order valence-corrected chi connectivity index (χ3v) is 4.90. The standard InChI is InChI=1S/C17H26N2/c1-17(9-5-10-17)14-18-16-8-11-19(13-16)12-15-6-3-2-4-7-15/h2-4,6-7,16,18H,5,8-14H2,1H3. The Labute approximate surface area is 117 Å². The molecule has 0 spiro atoms. The third-order valence-electron chi connectivity index (χ3n) is 4.90. The number of rotatable bonds is 5. The van der Waals surface area contributed by atoms with Crippen molar-refractivity contribution in [2.24, 2.45) is 5.41 Å². The lowest BCUT2D eigenvalue weighted by atomic mass is 9.70. The van der Waals surface area contributed by atoms with Crippen molar-refractivity contribution >= 4 is 0 Å². The molecule has 1 atom stereocenters. The van der Waals surface area contributed by atoms with Gasteiger partial charge in [0.25, 0.3) is 0 Å². The predicted molar refractivity (Wildman–Crippen MR) is 80.1 cm³/mol. The van der Waals surface area contributed by atoms with E-state index in [0.29, 0.717) is 11.5 Å². The summed E-state index contributed by atoms with van der Waals surface area (Å²) in [4.78, 5) is 2.58. The van der Waals surface area contributed by atoms with E-state index in [1.165, 1.54) is 50.9 Å². The second kappa shape index (κ2) is 5.64. The minimum atomic E-state index is 0.604. The summed E-state index contributed by atoms with van der Waals surface area (Å²) in [5, 5.41) is 3.80. The van der Waals surface area contributed by atoms with Gasteiger partial charge in [-0.05, 0) is 30.2 Å². The van der Waals surface area contributed by atoms with Gasteiger partial charge in [0.05, 0.1) is 0 Å². The molecule has 0 radical (unpaired) electrons. The highest BCUT2D eigenvalue weighted by Crippen LogP contribution is 2.39. The molecular weight excluding hydrogens is 232 g/mol. The summed E-state index contributed by atoms with van der Waals surface area (Å²) in [6.07, 6.45) is 5.58. The normalized spacial score (nSPS) is 26.3. The largest absolute Gasteiger partial charge is 0.312 e. The monoisotopic (exact) mass is 258 g/mol. The molecule has 3 rings (SSSR count). The maximum Gasteiger partial charge on any atom is 0.0234 e. The van der Waals surface area contributed by atoms with Crippen LogP contribution in [-0.4, -0.2) is 30.6 Å². The van der Waals surface area contributed by atoms with Crippen LogP contribution in [0.15, 0.2) is 30.3 Å². The van der Waals surface area contributed by atoms with E-state index >= 15 is 0 Å². The highest BCUT2D eigenvalue weighted by atomic mass is 15.2. The van der Waals surface area contributed by atoms with E-state index in [1.54, 1.807) is 0 Å². The van der Waals surface area contributed by atoms with E-state index in [9.17, 15) is 0 Å². The van der Waals surface area contributed by atoms with Crippen molar-refractivity contribution in [3.63, 3.8) is 0 Å². The Morgan fingerprint density at radius 1 is 1.26 bits per heavy atom. The molecule has 1 heterocycles. The van der Waals surface area contributed by atoms with E-state index in [1.807, 2.05) is 0 Å². The molecule has 0 bridgehead atoms. The van der Waals surface area contributed by atoms with E-state index < -0.39 is 0 Å². The van der Waals surface area contributed by atoms with Crippen molar-refractivity contribution in [1.29, 1.82) is 0 Å². The number of nitrogens with one attached hydrogen (secondary N) is 1. The minimum absolute atomic E-state index is 0.604. The number of hydrogen-bond acceptors (Lipinski definition) is 2. The molecule has 1 unspecified atom stereocenters. The lowest BCUT2D eigenvalue weighted by Gasteiger charge is -2.39. The van der Waals surface area contributed by atoms with E-state index in [2.05, 4.69) is 47.5 Å². The average molecular weight is 258 g/mol. The summed E-state index contributed by atoms with van der Waals surface area (Å²) in [6.45, 7) is 7.21. The van der Waals surface area contributed by atoms with Gasteiger partial charge < -0.3 is 5.32 Å². The fourth-order valence-electron chi connectivity index (χ4n) is 3.33. The van der Waals surface area contributed by atoms with Crippen molar-refractivity contribution < 1.29 is 0 Å². The van der Waals surface area contributed by atoms with Gasteiger partial charge in [0.15, 0.2) is 0 Å². The van der Waals surface area contributed by atoms with Crippen LogP contribution >= 0.6 is 0 Å². The van der Waals surface area contributed by atoms with Gasteiger partial charge in [-0.25, -0.2) is 0 Å². The van der Waals surface area contributed by atoms with Crippen LogP contribution in [-0.2, 0) is 6.54 Å². The first-order chi connectivity index (χ1) is 9.23. The molecule has 19 heavy (non-hydrogen) atoms. The average Bonchev–Trinajstić information content (AvgIpc) is 2.83. The summed E-state index contributed by atoms with van der Waals surface area (Å²) in [6, 6.07) is 11.5. The molecule has 1 saturated carbocycles. The topological polar surface area (TPSA) is 15.3 Å². The summed E-state index contributed by atoms with van der Waals surface area (Å²) in [5.74, 6) is 0. The smallest absolute Gasteiger partial charge is 0.0234 e. The highest BCUT2D eigenvalue weighted by molar-refractivity contribution is 5.14. The minimum Gasteiger partial charge on any atom is -0.312 e. The van der Waals surface area contributed by atoms with Crippen LogP contribution in [0.1, 0.15) is 38.2 Å². The first-order valence-corrected chi connectivity index (χ1v) is 7.73. The maximum absolute atomic E-state index is 3.80. The van der Waals surface area contributed by atoms with Gasteiger partial charge in [-0.15, -0.1) is 0 Å². The van der Waals surface area contributed by atoms with Gasteiger partial charge in [0, 0.05) is 32.2 Å². The Morgan fingerprint density at radius 2 is 2.05 bits per heavy atom. The molecular formula is C17H26N2. The van der Waals surface area contributed by atoms with Gasteiger partial charge in [-0.1, -0.05) is 43.7 Å². The van der Waals surface area contributed by atoms with E-state index in [-0.39, 0.29) is 0 Å². The fourth-order valence-corrected chi connectivity index (χ4v) is 3.33. The maximum atomic E-state index is 3.80. The molecule has 1 aliphatic heterocycles. The SMILES string of the molecule is CC1(CNC2CCN(Cc3ccccc3)C2)CCC1. The van der Waals surface area contributed by atoms with Crippen LogP contribution in [0, 0.1) is 5.41 Å². The number of likely N-dealkylation sites (tertiary alicyclic amines) is 1. The molecule has 2 fully saturated rings. The van der Waals surface area contributed by atoms with Crippen molar-refractivity contribution in [2.75, 3.05) is 19.6 Å². The van der Waals surface area contributed by atoms with Crippen molar-refractivity contribution in [1.82, 2.24) is 10.2 Å². The number of benzene rings is 1. The van der Waals surface area contributed by atoms with Gasteiger partial charge in [-0.3, -0.25) is 4.90 Å². The summed E-state index contributed by atoms with van der Waals surface area (Å²) in [5.41, 5.74) is 2.04. The lowest BCUT2D eigenvalue weighted by molar-refractivity contribution is 0.150. The third kappa shape index (κ3) is 3.37. The van der Waals surface area contributed by atoms with Gasteiger partial charge in [0.2, 0.25) is 0 Å². The Balaban J connectivity index is 1.42. The van der Waals surface area contributed by atoms with Gasteiger partial charge >= 0.3 is 0 Å². The zero-order valence-electron chi connectivity index (χ0n) is 12.1. The summed E-state index contributed by atoms with van der Waals surface area (Å²) < 4.78 is 0. The fraction of sp³-hybridized carbons (Fsp3) is 0.647. The molecule has 1 aromatic carbocycles. The summed E-state index contributed by atoms with van der Waals surface area (Å²) >= 11 is 0. The summed E-state index contributed by atoms with van der Waals surface area (Å²) in [7, 11) is 0. The quantitative estimate of drug-likeness (QED) is 0.873. The molecule has 1 aromatic rings. The Hall–Kier alpha value is -0.860. The molecule has 2 heteroatoms. The molecule has 2 nitrogen and oxygen atoms in total. The Morgan fingerprint density at radius 3 is 2.74 bits per heavy atom. The van der Waals surface area contributed by atoms with Crippen molar-refractivity contribution in [2.45, 2.75) is 45.2 Å². The zero-order valence-corrected chi connectivity index (χ0v) is 12.1. The zero-order chi connectivity index (χ0) is 13.1. The Bertz CT molecular complexity index is 397. The lowest BCUT2D eigenvalue weighted by Crippen LogP contribution is -2.42. The van der Waals surface area contributed by atoms with Crippen LogP contribution in [0.3, 0.4) is 0 Å². The van der Waals surface area contributed by atoms with Gasteiger partial charge in [0.1, 0.15) is 0 Å². The molecule has 0 aromatic heterocycles.